The summed E-state index contributed by atoms with van der Waals surface area (Å²) in [5.41, 5.74) is 0.798. The number of hydrogen-bond acceptors (Lipinski definition) is 3. The van der Waals surface area contributed by atoms with Gasteiger partial charge in [0.15, 0.2) is 0 Å². The van der Waals surface area contributed by atoms with Gasteiger partial charge in [-0.1, -0.05) is 42.5 Å². The summed E-state index contributed by atoms with van der Waals surface area (Å²) in [5, 5.41) is 2.69. The van der Waals surface area contributed by atoms with Gasteiger partial charge >= 0.3 is 7.75 Å². The van der Waals surface area contributed by atoms with Gasteiger partial charge in [-0.25, -0.2) is 8.96 Å². The molecule has 0 saturated heterocycles. The van der Waals surface area contributed by atoms with Gasteiger partial charge in [0, 0.05) is 5.69 Å². The van der Waals surface area contributed by atoms with Crippen LogP contribution in [0.2, 0.25) is 0 Å². The molecule has 0 unspecified atom stereocenters. The van der Waals surface area contributed by atoms with Crippen molar-refractivity contribution in [3.63, 3.8) is 0 Å². The fraction of sp³-hybridized carbons (Fsp3) is 0.0526. The average Bonchev–Trinajstić information content (AvgIpc) is 2.60. The average molecular weight is 357 g/mol. The third-order valence-corrected chi connectivity index (χ3v) is 4.81. The zero-order valence-corrected chi connectivity index (χ0v) is 14.4. The summed E-state index contributed by atoms with van der Waals surface area (Å²) in [6.45, 7) is 1.65. The molecule has 4 nitrogen and oxygen atoms in total. The fourth-order valence-electron chi connectivity index (χ4n) is 2.13. The van der Waals surface area contributed by atoms with Crippen molar-refractivity contribution in [2.75, 3.05) is 5.09 Å². The molecule has 25 heavy (non-hydrogen) atoms. The Morgan fingerprint density at radius 2 is 1.36 bits per heavy atom. The summed E-state index contributed by atoms with van der Waals surface area (Å²) in [6.07, 6.45) is 0. The van der Waals surface area contributed by atoms with E-state index in [1.807, 2.05) is 12.1 Å². The third-order valence-electron chi connectivity index (χ3n) is 3.38. The van der Waals surface area contributed by atoms with Crippen LogP contribution in [0.15, 0.2) is 78.9 Å². The summed E-state index contributed by atoms with van der Waals surface area (Å²) in [5.74, 6) is 0.347. The van der Waals surface area contributed by atoms with E-state index >= 15 is 0 Å². The molecule has 0 aliphatic heterocycles. The second-order valence-corrected chi connectivity index (χ2v) is 6.97. The summed E-state index contributed by atoms with van der Waals surface area (Å²) in [6, 6.07) is 21.8. The van der Waals surface area contributed by atoms with E-state index < -0.39 is 13.6 Å². The minimum absolute atomic E-state index is 0.304. The molecule has 0 aromatic heterocycles. The molecule has 0 spiro atoms. The smallest absolute Gasteiger partial charge is 0.400 e. The molecule has 0 aliphatic carbocycles. The molecule has 6 heteroatoms. The highest BCUT2D eigenvalue weighted by molar-refractivity contribution is 7.56. The zero-order chi connectivity index (χ0) is 17.7. The van der Waals surface area contributed by atoms with Crippen molar-refractivity contribution >= 4 is 13.4 Å². The summed E-state index contributed by atoms with van der Waals surface area (Å²) in [4.78, 5) is 0. The Hall–Kier alpha value is -2.78. The van der Waals surface area contributed by atoms with Crippen LogP contribution >= 0.6 is 7.75 Å². The second kappa shape index (κ2) is 7.41. The first-order valence-electron chi connectivity index (χ1n) is 7.68. The Morgan fingerprint density at radius 1 is 0.840 bits per heavy atom. The zero-order valence-electron chi connectivity index (χ0n) is 13.6. The third kappa shape index (κ3) is 4.61. The Balaban J connectivity index is 1.90. The molecule has 3 aromatic carbocycles. The lowest BCUT2D eigenvalue weighted by molar-refractivity contribution is 0.393. The number of benzene rings is 3. The van der Waals surface area contributed by atoms with Crippen LogP contribution in [0.5, 0.6) is 11.5 Å². The Morgan fingerprint density at radius 3 is 1.84 bits per heavy atom. The first-order valence-corrected chi connectivity index (χ1v) is 9.22. The van der Waals surface area contributed by atoms with Crippen molar-refractivity contribution in [2.45, 2.75) is 6.92 Å². The minimum Gasteiger partial charge on any atom is -0.400 e. The van der Waals surface area contributed by atoms with Crippen LogP contribution in [-0.2, 0) is 4.57 Å². The molecule has 0 radical (unpaired) electrons. The number of anilines is 1. The maximum atomic E-state index is 13.8. The topological polar surface area (TPSA) is 47.6 Å². The normalized spacial score (nSPS) is 11.0. The lowest BCUT2D eigenvalue weighted by Gasteiger charge is -2.21. The molecular weight excluding hydrogens is 340 g/mol. The number of halogens is 1. The van der Waals surface area contributed by atoms with E-state index in [2.05, 4.69) is 5.09 Å². The van der Waals surface area contributed by atoms with Crippen LogP contribution in [0.25, 0.3) is 0 Å². The largest absolute Gasteiger partial charge is 0.541 e. The van der Waals surface area contributed by atoms with Crippen LogP contribution in [-0.4, -0.2) is 0 Å². The number of rotatable bonds is 6. The van der Waals surface area contributed by atoms with Crippen molar-refractivity contribution in [1.29, 1.82) is 0 Å². The first-order chi connectivity index (χ1) is 12.0. The molecule has 128 valence electrons. The molecular formula is C19H17FNO3P. The Bertz CT molecular complexity index is 842. The van der Waals surface area contributed by atoms with E-state index in [-0.39, 0.29) is 0 Å². The summed E-state index contributed by atoms with van der Waals surface area (Å²) >= 11 is 0. The molecule has 0 fully saturated rings. The quantitative estimate of drug-likeness (QED) is 0.565. The highest BCUT2D eigenvalue weighted by atomic mass is 31.2. The van der Waals surface area contributed by atoms with Gasteiger partial charge in [0.2, 0.25) is 0 Å². The molecule has 3 rings (SSSR count). The predicted octanol–water partition coefficient (Wildman–Crippen LogP) is 5.81. The SMILES string of the molecule is Cc1ccc(NP(=O)(Oc2ccccc2)Oc2ccccc2)cc1F. The monoisotopic (exact) mass is 357 g/mol. The van der Waals surface area contributed by atoms with E-state index in [1.54, 1.807) is 67.6 Å². The standard InChI is InChI=1S/C19H17FNO3P/c1-15-12-13-16(14-19(15)20)21-25(22,23-17-8-4-2-5-9-17)24-18-10-6-3-7-11-18/h2-14H,1H3,(H,21,22). The summed E-state index contributed by atoms with van der Waals surface area (Å²) in [7, 11) is -3.84. The van der Waals surface area contributed by atoms with Gasteiger partial charge in [0.25, 0.3) is 0 Å². The second-order valence-electron chi connectivity index (χ2n) is 5.38. The fourth-order valence-corrected chi connectivity index (χ4v) is 3.51. The lowest BCUT2D eigenvalue weighted by Crippen LogP contribution is -2.10. The predicted molar refractivity (Wildman–Crippen MR) is 96.5 cm³/mol. The molecule has 0 saturated carbocycles. The van der Waals surface area contributed by atoms with Gasteiger partial charge in [-0.3, -0.25) is 5.09 Å². The first kappa shape index (κ1) is 17.1. The van der Waals surface area contributed by atoms with Gasteiger partial charge in [0.05, 0.1) is 0 Å². The Labute approximate surface area is 145 Å². The molecule has 3 aromatic rings. The van der Waals surface area contributed by atoms with Crippen LogP contribution in [0.3, 0.4) is 0 Å². The van der Waals surface area contributed by atoms with Crippen molar-refractivity contribution in [1.82, 2.24) is 0 Å². The molecule has 0 atom stereocenters. The van der Waals surface area contributed by atoms with E-state index in [0.29, 0.717) is 22.7 Å². The highest BCUT2D eigenvalue weighted by Crippen LogP contribution is 2.48. The van der Waals surface area contributed by atoms with E-state index in [1.165, 1.54) is 6.07 Å². The van der Waals surface area contributed by atoms with E-state index in [4.69, 9.17) is 9.05 Å². The lowest BCUT2D eigenvalue weighted by atomic mass is 10.2. The van der Waals surface area contributed by atoms with Crippen LogP contribution < -0.4 is 14.1 Å². The number of nitrogens with one attached hydrogen (secondary N) is 1. The van der Waals surface area contributed by atoms with Crippen LogP contribution in [0.4, 0.5) is 10.1 Å². The van der Waals surface area contributed by atoms with Gasteiger partial charge in [-0.2, -0.15) is 0 Å². The van der Waals surface area contributed by atoms with E-state index in [9.17, 15) is 8.96 Å². The molecule has 0 bridgehead atoms. The van der Waals surface area contributed by atoms with Gasteiger partial charge in [-0.15, -0.1) is 0 Å². The van der Waals surface area contributed by atoms with Gasteiger partial charge in [0.1, 0.15) is 17.3 Å². The Kier molecular flexibility index (Phi) is 5.05. The van der Waals surface area contributed by atoms with Gasteiger partial charge in [-0.05, 0) is 48.9 Å². The molecule has 1 N–H and O–H groups in total. The van der Waals surface area contributed by atoms with Crippen molar-refractivity contribution < 1.29 is 18.0 Å². The van der Waals surface area contributed by atoms with Crippen LogP contribution in [0.1, 0.15) is 5.56 Å². The molecule has 0 heterocycles. The van der Waals surface area contributed by atoms with E-state index in [0.717, 1.165) is 0 Å². The summed E-state index contributed by atoms with van der Waals surface area (Å²) < 4.78 is 38.2. The van der Waals surface area contributed by atoms with Crippen molar-refractivity contribution in [3.8, 4) is 11.5 Å². The maximum absolute atomic E-state index is 13.8. The highest BCUT2D eigenvalue weighted by Gasteiger charge is 2.29. The maximum Gasteiger partial charge on any atom is 0.541 e. The number of hydrogen-bond donors (Lipinski definition) is 1. The minimum atomic E-state index is -3.84. The number of para-hydroxylation sites is 2. The number of aryl methyl sites for hydroxylation is 1. The molecule has 0 aliphatic rings. The van der Waals surface area contributed by atoms with Crippen molar-refractivity contribution in [2.24, 2.45) is 0 Å². The molecule has 0 amide bonds. The van der Waals surface area contributed by atoms with Gasteiger partial charge < -0.3 is 9.05 Å². The van der Waals surface area contributed by atoms with Crippen molar-refractivity contribution in [3.05, 3.63) is 90.2 Å². The van der Waals surface area contributed by atoms with Crippen LogP contribution in [0, 0.1) is 12.7 Å².